The molecule has 0 aliphatic carbocycles. The van der Waals surface area contributed by atoms with Gasteiger partial charge < -0.3 is 10.0 Å². The van der Waals surface area contributed by atoms with E-state index in [1.54, 1.807) is 11.3 Å². The van der Waals surface area contributed by atoms with E-state index in [-0.39, 0.29) is 5.92 Å². The number of carbonyl (C=O) groups is 1. The minimum atomic E-state index is -0.736. The first-order chi connectivity index (χ1) is 8.15. The zero-order chi connectivity index (χ0) is 12.0. The van der Waals surface area contributed by atoms with Gasteiger partial charge in [-0.15, -0.1) is 0 Å². The van der Waals surface area contributed by atoms with Crippen molar-refractivity contribution < 1.29 is 9.90 Å². The SMILES string of the molecule is O=C(O)C1CN(c2nc3c(Cl)cccc3s2)C1. The Morgan fingerprint density at radius 1 is 1.53 bits per heavy atom. The summed E-state index contributed by atoms with van der Waals surface area (Å²) in [4.78, 5) is 17.1. The fraction of sp³-hybridized carbons (Fsp3) is 0.273. The molecule has 1 aliphatic rings. The van der Waals surface area contributed by atoms with E-state index >= 15 is 0 Å². The van der Waals surface area contributed by atoms with E-state index in [0.717, 1.165) is 15.3 Å². The van der Waals surface area contributed by atoms with Gasteiger partial charge in [0.05, 0.1) is 15.6 Å². The molecule has 1 aliphatic heterocycles. The lowest BCUT2D eigenvalue weighted by Crippen LogP contribution is -2.50. The van der Waals surface area contributed by atoms with E-state index in [1.807, 2.05) is 23.1 Å². The number of halogens is 1. The second-order valence-electron chi connectivity index (χ2n) is 4.02. The largest absolute Gasteiger partial charge is 0.481 e. The van der Waals surface area contributed by atoms with Gasteiger partial charge in [0.25, 0.3) is 0 Å². The average Bonchev–Trinajstić information content (AvgIpc) is 2.59. The van der Waals surface area contributed by atoms with Gasteiger partial charge in [0.1, 0.15) is 5.52 Å². The Morgan fingerprint density at radius 3 is 2.94 bits per heavy atom. The number of aromatic nitrogens is 1. The molecule has 0 radical (unpaired) electrons. The molecule has 1 aromatic carbocycles. The molecular weight excluding hydrogens is 260 g/mol. The van der Waals surface area contributed by atoms with Gasteiger partial charge >= 0.3 is 5.97 Å². The van der Waals surface area contributed by atoms with Crippen LogP contribution in [0.25, 0.3) is 10.2 Å². The van der Waals surface area contributed by atoms with Gasteiger partial charge in [-0.25, -0.2) is 4.98 Å². The van der Waals surface area contributed by atoms with Gasteiger partial charge in [-0.3, -0.25) is 4.79 Å². The maximum Gasteiger partial charge on any atom is 0.310 e. The Kier molecular flexibility index (Phi) is 2.45. The maximum atomic E-state index is 10.7. The van der Waals surface area contributed by atoms with Crippen molar-refractivity contribution in [2.24, 2.45) is 5.92 Å². The maximum absolute atomic E-state index is 10.7. The van der Waals surface area contributed by atoms with Crippen LogP contribution in [0.3, 0.4) is 0 Å². The zero-order valence-electron chi connectivity index (χ0n) is 8.76. The van der Waals surface area contributed by atoms with E-state index < -0.39 is 5.97 Å². The second kappa shape index (κ2) is 3.85. The van der Waals surface area contributed by atoms with E-state index in [0.29, 0.717) is 18.1 Å². The van der Waals surface area contributed by atoms with Crippen LogP contribution in [-0.4, -0.2) is 29.1 Å². The Labute approximate surface area is 106 Å². The lowest BCUT2D eigenvalue weighted by atomic mass is 10.0. The number of rotatable bonds is 2. The third-order valence-corrected chi connectivity index (χ3v) is 4.25. The van der Waals surface area contributed by atoms with Gasteiger partial charge in [0, 0.05) is 13.1 Å². The summed E-state index contributed by atoms with van der Waals surface area (Å²) in [5.41, 5.74) is 0.799. The minimum absolute atomic E-state index is 0.266. The molecule has 2 aromatic rings. The molecule has 6 heteroatoms. The Bertz CT molecular complexity index is 592. The second-order valence-corrected chi connectivity index (χ2v) is 5.44. The average molecular weight is 269 g/mol. The number of benzene rings is 1. The Hall–Kier alpha value is -1.33. The molecule has 4 nitrogen and oxygen atoms in total. The van der Waals surface area contributed by atoms with Crippen LogP contribution in [0.4, 0.5) is 5.13 Å². The normalized spacial score (nSPS) is 16.2. The van der Waals surface area contributed by atoms with Crippen LogP contribution in [-0.2, 0) is 4.79 Å². The fourth-order valence-electron chi connectivity index (χ4n) is 1.83. The molecule has 17 heavy (non-hydrogen) atoms. The first kappa shape index (κ1) is 10.8. The van der Waals surface area contributed by atoms with Crippen LogP contribution < -0.4 is 4.90 Å². The van der Waals surface area contributed by atoms with Crippen LogP contribution >= 0.6 is 22.9 Å². The number of thiazole rings is 1. The number of aliphatic carboxylic acids is 1. The highest BCUT2D eigenvalue weighted by Crippen LogP contribution is 2.35. The van der Waals surface area contributed by atoms with Crippen LogP contribution in [0.5, 0.6) is 0 Å². The lowest BCUT2D eigenvalue weighted by Gasteiger charge is -2.36. The molecule has 0 bridgehead atoms. The third-order valence-electron chi connectivity index (χ3n) is 2.86. The lowest BCUT2D eigenvalue weighted by molar-refractivity contribution is -0.142. The molecule has 1 N–H and O–H groups in total. The first-order valence-corrected chi connectivity index (χ1v) is 6.37. The topological polar surface area (TPSA) is 53.4 Å². The summed E-state index contributed by atoms with van der Waals surface area (Å²) < 4.78 is 1.03. The first-order valence-electron chi connectivity index (χ1n) is 5.18. The quantitative estimate of drug-likeness (QED) is 0.909. The molecule has 1 aromatic heterocycles. The molecule has 0 spiro atoms. The summed E-state index contributed by atoms with van der Waals surface area (Å²) in [7, 11) is 0. The highest BCUT2D eigenvalue weighted by atomic mass is 35.5. The summed E-state index contributed by atoms with van der Waals surface area (Å²) >= 11 is 7.59. The van der Waals surface area contributed by atoms with Gasteiger partial charge in [0.15, 0.2) is 5.13 Å². The number of anilines is 1. The number of hydrogen-bond donors (Lipinski definition) is 1. The van der Waals surface area contributed by atoms with Gasteiger partial charge in [0.2, 0.25) is 0 Å². The van der Waals surface area contributed by atoms with Gasteiger partial charge in [-0.1, -0.05) is 29.0 Å². The van der Waals surface area contributed by atoms with Crippen molar-refractivity contribution in [1.82, 2.24) is 4.98 Å². The standard InChI is InChI=1S/C11H9ClN2O2S/c12-7-2-1-3-8-9(7)13-11(17-8)14-4-6(5-14)10(15)16/h1-3,6H,4-5H2,(H,15,16). The minimum Gasteiger partial charge on any atom is -0.481 e. The summed E-state index contributed by atoms with van der Waals surface area (Å²) in [6.45, 7) is 1.07. The van der Waals surface area contributed by atoms with Crippen molar-refractivity contribution >= 4 is 44.3 Å². The van der Waals surface area contributed by atoms with Crippen LogP contribution in [0.2, 0.25) is 5.02 Å². The van der Waals surface area contributed by atoms with Crippen molar-refractivity contribution in [2.75, 3.05) is 18.0 Å². The molecule has 3 rings (SSSR count). The molecular formula is C11H9ClN2O2S. The molecule has 1 saturated heterocycles. The van der Waals surface area contributed by atoms with Crippen LogP contribution in [0.15, 0.2) is 18.2 Å². The van der Waals surface area contributed by atoms with E-state index in [4.69, 9.17) is 16.7 Å². The van der Waals surface area contributed by atoms with E-state index in [1.165, 1.54) is 0 Å². The van der Waals surface area contributed by atoms with Crippen molar-refractivity contribution in [3.8, 4) is 0 Å². The van der Waals surface area contributed by atoms with Crippen molar-refractivity contribution in [3.05, 3.63) is 23.2 Å². The van der Waals surface area contributed by atoms with Gasteiger partial charge in [-0.05, 0) is 12.1 Å². The summed E-state index contributed by atoms with van der Waals surface area (Å²) in [5, 5.41) is 10.3. The number of hydrogen-bond acceptors (Lipinski definition) is 4. The Balaban J connectivity index is 1.88. The predicted molar refractivity (Wildman–Crippen MR) is 68.0 cm³/mol. The summed E-state index contributed by atoms with van der Waals surface area (Å²) in [6.07, 6.45) is 0. The number of nitrogens with zero attached hydrogens (tertiary/aromatic N) is 2. The fourth-order valence-corrected chi connectivity index (χ4v) is 3.11. The molecule has 0 saturated carbocycles. The number of fused-ring (bicyclic) bond motifs is 1. The van der Waals surface area contributed by atoms with Crippen LogP contribution in [0.1, 0.15) is 0 Å². The van der Waals surface area contributed by atoms with Crippen LogP contribution in [0, 0.1) is 5.92 Å². The number of carboxylic acids is 1. The molecule has 1 fully saturated rings. The monoisotopic (exact) mass is 268 g/mol. The molecule has 0 unspecified atom stereocenters. The summed E-state index contributed by atoms with van der Waals surface area (Å²) in [6, 6.07) is 5.67. The predicted octanol–water partition coefficient (Wildman–Crippen LogP) is 2.47. The van der Waals surface area contributed by atoms with Crippen molar-refractivity contribution in [1.29, 1.82) is 0 Å². The number of carboxylic acid groups (broad SMARTS) is 1. The van der Waals surface area contributed by atoms with E-state index in [2.05, 4.69) is 4.98 Å². The molecule has 0 atom stereocenters. The number of para-hydroxylation sites is 1. The smallest absolute Gasteiger partial charge is 0.310 e. The zero-order valence-corrected chi connectivity index (χ0v) is 10.3. The van der Waals surface area contributed by atoms with Crippen molar-refractivity contribution in [2.45, 2.75) is 0 Å². The van der Waals surface area contributed by atoms with Crippen molar-refractivity contribution in [3.63, 3.8) is 0 Å². The van der Waals surface area contributed by atoms with E-state index in [9.17, 15) is 4.79 Å². The summed E-state index contributed by atoms with van der Waals surface area (Å²) in [5.74, 6) is -1.00. The highest BCUT2D eigenvalue weighted by Gasteiger charge is 2.34. The van der Waals surface area contributed by atoms with Gasteiger partial charge in [-0.2, -0.15) is 0 Å². The third kappa shape index (κ3) is 1.75. The molecule has 2 heterocycles. The molecule has 0 amide bonds. The Morgan fingerprint density at radius 2 is 2.29 bits per heavy atom. The highest BCUT2D eigenvalue weighted by molar-refractivity contribution is 7.22. The molecule has 88 valence electrons.